The van der Waals surface area contributed by atoms with Gasteiger partial charge in [-0.05, 0) is 111 Å². The summed E-state index contributed by atoms with van der Waals surface area (Å²) in [5.41, 5.74) is 0.188. The lowest BCUT2D eigenvalue weighted by atomic mass is 9.41. The van der Waals surface area contributed by atoms with Gasteiger partial charge < -0.3 is 34.0 Å². The SMILES string of the molecule is CC(C)[C@@H](OC(=O)N1CCC1)[C@H]1C[C@@H](C)[C@H]2[C@H](O1)[C@H](O)[C@@]1(C)[C@@H]3CC[C@H]4C(C)(C)[C@@H](OC(=O)N5CCN(C)CC5)CC[C@@]45CC35CC[C@]21C. The molecule has 1 N–H and O–H groups in total. The minimum Gasteiger partial charge on any atom is -0.446 e. The number of hydrogen-bond acceptors (Lipinski definition) is 7. The van der Waals surface area contributed by atoms with Crippen molar-refractivity contribution in [3.05, 3.63) is 0 Å². The van der Waals surface area contributed by atoms with E-state index in [9.17, 15) is 14.7 Å². The molecule has 3 aliphatic heterocycles. The number of piperazine rings is 1. The highest BCUT2D eigenvalue weighted by molar-refractivity contribution is 5.69. The number of ether oxygens (including phenoxy) is 3. The Balaban J connectivity index is 1.02. The van der Waals surface area contributed by atoms with Crippen LogP contribution in [0.1, 0.15) is 106 Å². The van der Waals surface area contributed by atoms with Crippen molar-refractivity contribution in [3.8, 4) is 0 Å². The van der Waals surface area contributed by atoms with Gasteiger partial charge in [0, 0.05) is 50.1 Å². The van der Waals surface area contributed by atoms with E-state index in [-0.39, 0.29) is 75.5 Å². The van der Waals surface area contributed by atoms with Crippen LogP contribution in [0.25, 0.3) is 0 Å². The zero-order valence-electron chi connectivity index (χ0n) is 31.7. The number of carbonyl (C=O) groups excluding carboxylic acids is 2. The number of likely N-dealkylation sites (tertiary alicyclic amines) is 1. The number of nitrogens with zero attached hydrogens (tertiary/aromatic N) is 3. The largest absolute Gasteiger partial charge is 0.446 e. The van der Waals surface area contributed by atoms with Gasteiger partial charge in [0.2, 0.25) is 0 Å². The maximum atomic E-state index is 13.3. The second-order valence-electron chi connectivity index (χ2n) is 19.7. The monoisotopic (exact) mass is 683 g/mol. The summed E-state index contributed by atoms with van der Waals surface area (Å²) < 4.78 is 19.6. The second kappa shape index (κ2) is 11.5. The first kappa shape index (κ1) is 34.5. The lowest BCUT2D eigenvalue weighted by Crippen LogP contribution is -2.60. The van der Waals surface area contributed by atoms with E-state index >= 15 is 0 Å². The molecule has 3 heterocycles. The molecule has 8 rings (SSSR count). The van der Waals surface area contributed by atoms with Gasteiger partial charge >= 0.3 is 12.2 Å². The molecule has 5 aliphatic carbocycles. The molecule has 9 heteroatoms. The van der Waals surface area contributed by atoms with Gasteiger partial charge in [-0.15, -0.1) is 0 Å². The Bertz CT molecular complexity index is 1330. The molecule has 0 aromatic rings. The Morgan fingerprint density at radius 2 is 1.51 bits per heavy atom. The van der Waals surface area contributed by atoms with Crippen molar-refractivity contribution < 1.29 is 28.9 Å². The molecule has 1 unspecified atom stereocenters. The highest BCUT2D eigenvalue weighted by Crippen LogP contribution is 2.89. The summed E-state index contributed by atoms with van der Waals surface area (Å²) >= 11 is 0. The summed E-state index contributed by atoms with van der Waals surface area (Å²) in [6.07, 6.45) is 8.15. The molecule has 0 aromatic heterocycles. The van der Waals surface area contributed by atoms with E-state index in [0.717, 1.165) is 84.2 Å². The van der Waals surface area contributed by atoms with Gasteiger partial charge in [0.1, 0.15) is 12.2 Å². The van der Waals surface area contributed by atoms with Gasteiger partial charge in [0.15, 0.2) is 0 Å². The molecule has 0 aromatic carbocycles. The number of rotatable bonds is 4. The molecule has 2 spiro atoms. The number of aliphatic hydroxyl groups excluding tert-OH is 1. The molecule has 276 valence electrons. The highest BCUT2D eigenvalue weighted by Gasteiger charge is 2.84. The first-order valence-electron chi connectivity index (χ1n) is 20.0. The average Bonchev–Trinajstić information content (AvgIpc) is 3.65. The molecule has 3 saturated heterocycles. The topological polar surface area (TPSA) is 91.8 Å². The Labute approximate surface area is 295 Å². The third-order valence-corrected chi connectivity index (χ3v) is 17.1. The fourth-order valence-corrected chi connectivity index (χ4v) is 14.3. The predicted octanol–water partition coefficient (Wildman–Crippen LogP) is 6.42. The summed E-state index contributed by atoms with van der Waals surface area (Å²) in [7, 11) is 2.11. The first-order chi connectivity index (χ1) is 23.1. The van der Waals surface area contributed by atoms with Crippen LogP contribution >= 0.6 is 0 Å². The fourth-order valence-electron chi connectivity index (χ4n) is 14.3. The smallest absolute Gasteiger partial charge is 0.410 e. The van der Waals surface area contributed by atoms with Crippen molar-refractivity contribution in [2.75, 3.05) is 46.3 Å². The molecule has 8 fully saturated rings. The van der Waals surface area contributed by atoms with Crippen LogP contribution in [0.3, 0.4) is 0 Å². The maximum absolute atomic E-state index is 13.3. The minimum atomic E-state index is -0.545. The standard InChI is InChI=1S/C40H65N3O6/c1-24(2)31(49-35(46)42-16-9-17-42)26-22-25(3)30-32(47-26)33(44)38(7)28-11-10-27-36(4,5)29(48-34(45)43-20-18-41(8)19-21-43)12-13-39(27)23-40(28,39)15-14-37(30,38)6/h24-33,44H,9-23H2,1-8H3/t25-,26-,27+,28+,29+,30+,31-,32+,33+,37-,38-,39-,40?/m1/s1. The zero-order chi connectivity index (χ0) is 34.9. The summed E-state index contributed by atoms with van der Waals surface area (Å²) in [5.74, 6) is 1.77. The number of amides is 2. The predicted molar refractivity (Wildman–Crippen MR) is 187 cm³/mol. The van der Waals surface area contributed by atoms with Gasteiger partial charge in [-0.1, -0.05) is 48.5 Å². The molecule has 13 atom stereocenters. The third kappa shape index (κ3) is 4.65. The normalized spacial score (nSPS) is 49.0. The van der Waals surface area contributed by atoms with Crippen LogP contribution in [-0.2, 0) is 14.2 Å². The van der Waals surface area contributed by atoms with E-state index in [1.807, 2.05) is 4.90 Å². The lowest BCUT2D eigenvalue weighted by Gasteiger charge is -2.63. The minimum absolute atomic E-state index is 0.0135. The third-order valence-electron chi connectivity index (χ3n) is 17.1. The van der Waals surface area contributed by atoms with Gasteiger partial charge in [-0.25, -0.2) is 9.59 Å². The second-order valence-corrected chi connectivity index (χ2v) is 19.7. The Morgan fingerprint density at radius 1 is 0.857 bits per heavy atom. The van der Waals surface area contributed by atoms with E-state index in [4.69, 9.17) is 14.2 Å². The number of aliphatic hydroxyl groups is 1. The number of hydrogen-bond donors (Lipinski definition) is 1. The van der Waals surface area contributed by atoms with E-state index in [2.05, 4.69) is 60.4 Å². The highest BCUT2D eigenvalue weighted by atomic mass is 16.6. The Hall–Kier alpha value is -1.58. The lowest BCUT2D eigenvalue weighted by molar-refractivity contribution is -0.185. The van der Waals surface area contributed by atoms with Crippen LogP contribution in [0.2, 0.25) is 0 Å². The fraction of sp³-hybridized carbons (Fsp3) is 0.950. The van der Waals surface area contributed by atoms with Crippen molar-refractivity contribution in [3.63, 3.8) is 0 Å². The van der Waals surface area contributed by atoms with Crippen LogP contribution in [0, 0.1) is 56.7 Å². The zero-order valence-corrected chi connectivity index (χ0v) is 31.7. The quantitative estimate of drug-likeness (QED) is 0.366. The molecular weight excluding hydrogens is 618 g/mol. The molecule has 9 nitrogen and oxygen atoms in total. The van der Waals surface area contributed by atoms with Crippen LogP contribution in [-0.4, -0.2) is 109 Å². The van der Waals surface area contributed by atoms with Crippen molar-refractivity contribution in [1.82, 2.24) is 14.7 Å². The maximum Gasteiger partial charge on any atom is 0.410 e. The van der Waals surface area contributed by atoms with Crippen molar-refractivity contribution in [1.29, 1.82) is 0 Å². The number of likely N-dealkylation sites (N-methyl/N-ethyl adjacent to an activating group) is 1. The van der Waals surface area contributed by atoms with Crippen molar-refractivity contribution in [2.45, 2.75) is 137 Å². The van der Waals surface area contributed by atoms with Gasteiger partial charge in [-0.3, -0.25) is 0 Å². The summed E-state index contributed by atoms with van der Waals surface area (Å²) in [6, 6.07) is 0. The number of carbonyl (C=O) groups is 2. The number of fused-ring (bicyclic) bond motifs is 4. The van der Waals surface area contributed by atoms with Crippen molar-refractivity contribution >= 4 is 12.2 Å². The Kier molecular flexibility index (Phi) is 8.07. The molecule has 0 radical (unpaired) electrons. The Morgan fingerprint density at radius 3 is 2.16 bits per heavy atom. The van der Waals surface area contributed by atoms with E-state index in [1.165, 1.54) is 12.8 Å². The molecule has 2 amide bonds. The molecule has 8 aliphatic rings. The van der Waals surface area contributed by atoms with Crippen LogP contribution in [0.4, 0.5) is 9.59 Å². The van der Waals surface area contributed by atoms with Crippen LogP contribution < -0.4 is 0 Å². The van der Waals surface area contributed by atoms with Gasteiger partial charge in [0.25, 0.3) is 0 Å². The van der Waals surface area contributed by atoms with Gasteiger partial charge in [0.05, 0.1) is 18.3 Å². The molecule has 49 heavy (non-hydrogen) atoms. The molecule has 0 bridgehead atoms. The summed E-state index contributed by atoms with van der Waals surface area (Å²) in [5, 5.41) is 12.7. The molecular formula is C40H65N3O6. The summed E-state index contributed by atoms with van der Waals surface area (Å²) in [4.78, 5) is 32.3. The van der Waals surface area contributed by atoms with Crippen LogP contribution in [0.5, 0.6) is 0 Å². The van der Waals surface area contributed by atoms with Crippen LogP contribution in [0.15, 0.2) is 0 Å². The van der Waals surface area contributed by atoms with E-state index < -0.39 is 6.10 Å². The first-order valence-corrected chi connectivity index (χ1v) is 20.0. The molecule has 5 saturated carbocycles. The average molecular weight is 684 g/mol. The van der Waals surface area contributed by atoms with Gasteiger partial charge in [-0.2, -0.15) is 0 Å². The summed E-state index contributed by atoms with van der Waals surface area (Å²) in [6.45, 7) is 21.2. The van der Waals surface area contributed by atoms with Crippen molar-refractivity contribution in [2.24, 2.45) is 56.7 Å². The van der Waals surface area contributed by atoms with E-state index in [0.29, 0.717) is 17.8 Å². The van der Waals surface area contributed by atoms with E-state index in [1.54, 1.807) is 4.90 Å².